The van der Waals surface area contributed by atoms with Gasteiger partial charge in [0.2, 0.25) is 11.8 Å². The summed E-state index contributed by atoms with van der Waals surface area (Å²) >= 11 is 0. The minimum atomic E-state index is -0.333. The lowest BCUT2D eigenvalue weighted by molar-refractivity contribution is -0.140. The van der Waals surface area contributed by atoms with Crippen molar-refractivity contribution in [2.24, 2.45) is 0 Å². The molecular formula is C21H20FN3O3. The Labute approximate surface area is 162 Å². The van der Waals surface area contributed by atoms with Crippen LogP contribution in [0.3, 0.4) is 0 Å². The summed E-state index contributed by atoms with van der Waals surface area (Å²) < 4.78 is 13.1. The molecule has 1 saturated heterocycles. The lowest BCUT2D eigenvalue weighted by Crippen LogP contribution is -2.51. The number of carbonyl (C=O) groups is 3. The highest BCUT2D eigenvalue weighted by Crippen LogP contribution is 2.33. The minimum absolute atomic E-state index is 0.124. The molecule has 2 aromatic carbocycles. The van der Waals surface area contributed by atoms with Gasteiger partial charge in [0.15, 0.2) is 0 Å². The number of fused-ring (bicyclic) bond motifs is 1. The fraction of sp³-hybridized carbons (Fsp3) is 0.286. The number of amides is 3. The molecule has 3 amide bonds. The van der Waals surface area contributed by atoms with Crippen LogP contribution in [0.15, 0.2) is 48.5 Å². The Morgan fingerprint density at radius 3 is 2.50 bits per heavy atom. The molecule has 6 nitrogen and oxygen atoms in total. The largest absolute Gasteiger partial charge is 0.334 e. The molecule has 28 heavy (non-hydrogen) atoms. The van der Waals surface area contributed by atoms with Gasteiger partial charge in [-0.3, -0.25) is 14.4 Å². The van der Waals surface area contributed by atoms with Crippen molar-refractivity contribution in [2.45, 2.75) is 12.5 Å². The highest BCUT2D eigenvalue weighted by atomic mass is 19.1. The zero-order chi connectivity index (χ0) is 19.8. The van der Waals surface area contributed by atoms with Gasteiger partial charge in [-0.05, 0) is 36.2 Å². The average Bonchev–Trinajstić information content (AvgIpc) is 2.74. The first-order chi connectivity index (χ1) is 13.5. The van der Waals surface area contributed by atoms with Crippen LogP contribution in [0.5, 0.6) is 0 Å². The predicted octanol–water partition coefficient (Wildman–Crippen LogP) is 2.22. The zero-order valence-electron chi connectivity index (χ0n) is 15.5. The molecule has 144 valence electrons. The number of halogens is 1. The molecule has 7 heteroatoms. The van der Waals surface area contributed by atoms with Gasteiger partial charge >= 0.3 is 0 Å². The molecular weight excluding hydrogens is 361 g/mol. The van der Waals surface area contributed by atoms with Gasteiger partial charge in [0.25, 0.3) is 5.91 Å². The van der Waals surface area contributed by atoms with E-state index in [4.69, 9.17) is 0 Å². The highest BCUT2D eigenvalue weighted by Gasteiger charge is 2.36. The number of anilines is 1. The minimum Gasteiger partial charge on any atom is -0.334 e. The first kappa shape index (κ1) is 18.2. The predicted molar refractivity (Wildman–Crippen MR) is 101 cm³/mol. The van der Waals surface area contributed by atoms with Gasteiger partial charge in [0, 0.05) is 13.6 Å². The van der Waals surface area contributed by atoms with Gasteiger partial charge in [0.05, 0.1) is 17.3 Å². The SMILES string of the molecule is CN1C(=O)CN(CC(=O)N2CCC2c2ccc(F)cc2)C(=O)c2ccccc21. The van der Waals surface area contributed by atoms with E-state index < -0.39 is 0 Å². The summed E-state index contributed by atoms with van der Waals surface area (Å²) in [5.74, 6) is -1.12. The second-order valence-corrected chi connectivity index (χ2v) is 7.07. The van der Waals surface area contributed by atoms with Crippen molar-refractivity contribution in [3.8, 4) is 0 Å². The van der Waals surface area contributed by atoms with Crippen molar-refractivity contribution in [1.29, 1.82) is 0 Å². The quantitative estimate of drug-likeness (QED) is 0.819. The van der Waals surface area contributed by atoms with Gasteiger partial charge < -0.3 is 14.7 Å². The third-order valence-electron chi connectivity index (χ3n) is 5.40. The summed E-state index contributed by atoms with van der Waals surface area (Å²) in [6, 6.07) is 12.9. The van der Waals surface area contributed by atoms with Crippen LogP contribution in [-0.4, -0.2) is 54.2 Å². The van der Waals surface area contributed by atoms with Crippen molar-refractivity contribution in [2.75, 3.05) is 31.6 Å². The van der Waals surface area contributed by atoms with Gasteiger partial charge in [-0.25, -0.2) is 4.39 Å². The molecule has 0 saturated carbocycles. The Bertz CT molecular complexity index is 944. The Morgan fingerprint density at radius 2 is 1.82 bits per heavy atom. The lowest BCUT2D eigenvalue weighted by Gasteiger charge is -2.42. The first-order valence-electron chi connectivity index (χ1n) is 9.15. The monoisotopic (exact) mass is 381 g/mol. The molecule has 1 atom stereocenters. The number of rotatable bonds is 3. The molecule has 0 N–H and O–H groups in total. The molecule has 2 aliphatic rings. The van der Waals surface area contributed by atoms with E-state index in [-0.39, 0.29) is 42.7 Å². The van der Waals surface area contributed by atoms with Crippen LogP contribution >= 0.6 is 0 Å². The van der Waals surface area contributed by atoms with Crippen molar-refractivity contribution in [3.05, 3.63) is 65.5 Å². The maximum absolute atomic E-state index is 13.1. The number of hydrogen-bond acceptors (Lipinski definition) is 3. The number of likely N-dealkylation sites (tertiary alicyclic amines) is 1. The van der Waals surface area contributed by atoms with E-state index in [0.29, 0.717) is 17.8 Å². The van der Waals surface area contributed by atoms with E-state index in [0.717, 1.165) is 12.0 Å². The Kier molecular flexibility index (Phi) is 4.58. The molecule has 0 bridgehead atoms. The molecule has 0 spiro atoms. The third kappa shape index (κ3) is 3.13. The van der Waals surface area contributed by atoms with Crippen molar-refractivity contribution in [3.63, 3.8) is 0 Å². The van der Waals surface area contributed by atoms with Crippen molar-refractivity contribution in [1.82, 2.24) is 9.80 Å². The van der Waals surface area contributed by atoms with Crippen LogP contribution in [0.4, 0.5) is 10.1 Å². The number of nitrogens with zero attached hydrogens (tertiary/aromatic N) is 3. The lowest BCUT2D eigenvalue weighted by atomic mass is 9.94. The van der Waals surface area contributed by atoms with E-state index >= 15 is 0 Å². The third-order valence-corrected chi connectivity index (χ3v) is 5.40. The number of likely N-dealkylation sites (N-methyl/N-ethyl adjacent to an activating group) is 1. The van der Waals surface area contributed by atoms with Crippen LogP contribution in [-0.2, 0) is 9.59 Å². The van der Waals surface area contributed by atoms with Gasteiger partial charge in [-0.2, -0.15) is 0 Å². The summed E-state index contributed by atoms with van der Waals surface area (Å²) in [6.45, 7) is 0.266. The first-order valence-corrected chi connectivity index (χ1v) is 9.15. The van der Waals surface area contributed by atoms with E-state index in [1.807, 2.05) is 0 Å². The Balaban J connectivity index is 1.52. The Morgan fingerprint density at radius 1 is 1.11 bits per heavy atom. The van der Waals surface area contributed by atoms with Crippen LogP contribution in [0.1, 0.15) is 28.4 Å². The Hall–Kier alpha value is -3.22. The molecule has 2 aromatic rings. The summed E-state index contributed by atoms with van der Waals surface area (Å²) in [5, 5.41) is 0. The number of carbonyl (C=O) groups excluding carboxylic acids is 3. The van der Waals surface area contributed by atoms with Gasteiger partial charge in [-0.15, -0.1) is 0 Å². The molecule has 0 radical (unpaired) electrons. The summed E-state index contributed by atoms with van der Waals surface area (Å²) in [6.07, 6.45) is 0.788. The molecule has 0 aliphatic carbocycles. The van der Waals surface area contributed by atoms with E-state index in [9.17, 15) is 18.8 Å². The second kappa shape index (κ2) is 7.07. The van der Waals surface area contributed by atoms with Crippen LogP contribution in [0, 0.1) is 5.82 Å². The standard InChI is InChI=1S/C21H20FN3O3/c1-23-18-5-3-2-4-16(18)21(28)24(12-19(23)26)13-20(27)25-11-10-17(25)14-6-8-15(22)9-7-14/h2-9,17H,10-13H2,1H3. The fourth-order valence-electron chi connectivity index (χ4n) is 3.69. The molecule has 1 unspecified atom stereocenters. The normalized spacial score (nSPS) is 19.2. The zero-order valence-corrected chi connectivity index (χ0v) is 15.5. The number of hydrogen-bond donors (Lipinski definition) is 0. The van der Waals surface area contributed by atoms with Gasteiger partial charge in [-0.1, -0.05) is 24.3 Å². The van der Waals surface area contributed by atoms with E-state index in [1.54, 1.807) is 48.3 Å². The smallest absolute Gasteiger partial charge is 0.256 e. The average molecular weight is 381 g/mol. The fourth-order valence-corrected chi connectivity index (χ4v) is 3.69. The number of benzene rings is 2. The van der Waals surface area contributed by atoms with Crippen molar-refractivity contribution < 1.29 is 18.8 Å². The molecule has 0 aromatic heterocycles. The van der Waals surface area contributed by atoms with E-state index in [1.165, 1.54) is 21.9 Å². The van der Waals surface area contributed by atoms with E-state index in [2.05, 4.69) is 0 Å². The summed E-state index contributed by atoms with van der Waals surface area (Å²) in [4.78, 5) is 42.6. The second-order valence-electron chi connectivity index (χ2n) is 7.07. The number of para-hydroxylation sites is 1. The van der Waals surface area contributed by atoms with Crippen LogP contribution in [0.25, 0.3) is 0 Å². The topological polar surface area (TPSA) is 60.9 Å². The molecule has 1 fully saturated rings. The maximum atomic E-state index is 13.1. The maximum Gasteiger partial charge on any atom is 0.256 e. The van der Waals surface area contributed by atoms with Crippen LogP contribution < -0.4 is 4.90 Å². The molecule has 4 rings (SSSR count). The summed E-state index contributed by atoms with van der Waals surface area (Å²) in [7, 11) is 1.62. The van der Waals surface area contributed by atoms with Crippen LogP contribution in [0.2, 0.25) is 0 Å². The van der Waals surface area contributed by atoms with Gasteiger partial charge in [0.1, 0.15) is 18.9 Å². The molecule has 2 heterocycles. The molecule has 2 aliphatic heterocycles. The highest BCUT2D eigenvalue weighted by molar-refractivity contribution is 6.10. The summed E-state index contributed by atoms with van der Waals surface area (Å²) in [5.41, 5.74) is 1.81. The van der Waals surface area contributed by atoms with Crippen molar-refractivity contribution >= 4 is 23.4 Å².